The molecule has 0 N–H and O–H groups in total. The maximum absolute atomic E-state index is 11.0. The lowest BCUT2D eigenvalue weighted by Crippen LogP contribution is -2.14. The molecule has 0 aliphatic heterocycles. The van der Waals surface area contributed by atoms with E-state index in [1.54, 1.807) is 6.92 Å². The molecule has 10 heavy (non-hydrogen) atoms. The minimum absolute atomic E-state index is 0.361. The minimum atomic E-state index is -0.361. The van der Waals surface area contributed by atoms with Crippen molar-refractivity contribution in [3.63, 3.8) is 0 Å². The standard InChI is InChI=1S/C9H19O/c1-4-6-9(7-5-2)8(3)10/h8-9H,4-7H2,1-3H3. The molecule has 61 valence electrons. The van der Waals surface area contributed by atoms with Crippen molar-refractivity contribution < 1.29 is 5.11 Å². The van der Waals surface area contributed by atoms with E-state index in [0.717, 1.165) is 25.7 Å². The first kappa shape index (κ1) is 9.96. The van der Waals surface area contributed by atoms with Crippen LogP contribution in [0.4, 0.5) is 0 Å². The maximum Gasteiger partial charge on any atom is 0.0930 e. The summed E-state index contributed by atoms with van der Waals surface area (Å²) >= 11 is 0. The third-order valence-electron chi connectivity index (χ3n) is 1.98. The molecule has 0 amide bonds. The second-order valence-electron chi connectivity index (χ2n) is 3.04. The molecule has 0 aromatic rings. The van der Waals surface area contributed by atoms with Gasteiger partial charge in [0.1, 0.15) is 0 Å². The summed E-state index contributed by atoms with van der Waals surface area (Å²) in [6.45, 7) is 6.08. The number of hydrogen-bond donors (Lipinski definition) is 0. The summed E-state index contributed by atoms with van der Waals surface area (Å²) in [5.41, 5.74) is 0. The molecule has 0 aliphatic carbocycles. The quantitative estimate of drug-likeness (QED) is 0.563. The van der Waals surface area contributed by atoms with Crippen LogP contribution in [0.15, 0.2) is 0 Å². The summed E-state index contributed by atoms with van der Waals surface area (Å²) in [6.07, 6.45) is 4.16. The van der Waals surface area contributed by atoms with Crippen LogP contribution in [0.3, 0.4) is 0 Å². The smallest absolute Gasteiger partial charge is 0.0930 e. The zero-order chi connectivity index (χ0) is 7.98. The third-order valence-corrected chi connectivity index (χ3v) is 1.98. The molecule has 0 heterocycles. The predicted molar refractivity (Wildman–Crippen MR) is 43.5 cm³/mol. The van der Waals surface area contributed by atoms with Crippen LogP contribution < -0.4 is 0 Å². The van der Waals surface area contributed by atoms with Gasteiger partial charge in [-0.2, -0.15) is 0 Å². The van der Waals surface area contributed by atoms with E-state index >= 15 is 0 Å². The highest BCUT2D eigenvalue weighted by molar-refractivity contribution is 4.62. The van der Waals surface area contributed by atoms with Crippen molar-refractivity contribution in [1.82, 2.24) is 0 Å². The van der Waals surface area contributed by atoms with E-state index in [-0.39, 0.29) is 6.10 Å². The molecule has 0 saturated heterocycles. The van der Waals surface area contributed by atoms with Crippen LogP contribution in [0.25, 0.3) is 0 Å². The maximum atomic E-state index is 11.0. The molecule has 0 spiro atoms. The monoisotopic (exact) mass is 143 g/mol. The fraction of sp³-hybridized carbons (Fsp3) is 1.00. The molecule has 1 radical (unpaired) electrons. The Morgan fingerprint density at radius 1 is 1.10 bits per heavy atom. The molecule has 0 saturated carbocycles. The van der Waals surface area contributed by atoms with Gasteiger partial charge in [0.15, 0.2) is 0 Å². The molecule has 1 nitrogen and oxygen atoms in total. The van der Waals surface area contributed by atoms with Crippen LogP contribution in [-0.4, -0.2) is 6.10 Å². The van der Waals surface area contributed by atoms with Crippen molar-refractivity contribution in [3.8, 4) is 0 Å². The molecule has 0 bridgehead atoms. The summed E-state index contributed by atoms with van der Waals surface area (Å²) in [5, 5.41) is 11.0. The van der Waals surface area contributed by atoms with Crippen LogP contribution in [-0.2, 0) is 5.11 Å². The summed E-state index contributed by atoms with van der Waals surface area (Å²) in [6, 6.07) is 0. The van der Waals surface area contributed by atoms with E-state index < -0.39 is 0 Å². The predicted octanol–water partition coefficient (Wildman–Crippen LogP) is 3.02. The van der Waals surface area contributed by atoms with E-state index in [1.807, 2.05) is 0 Å². The Balaban J connectivity index is 3.50. The first-order chi connectivity index (χ1) is 4.72. The highest BCUT2D eigenvalue weighted by atomic mass is 16.3. The highest BCUT2D eigenvalue weighted by Gasteiger charge is 2.13. The Bertz CT molecular complexity index is 63.1. The molecular weight excluding hydrogens is 124 g/mol. The molecule has 1 atom stereocenters. The third kappa shape index (κ3) is 3.89. The van der Waals surface area contributed by atoms with Crippen molar-refractivity contribution >= 4 is 0 Å². The SMILES string of the molecule is CCCC(CCC)C(C)[O]. The molecule has 0 aromatic heterocycles. The lowest BCUT2D eigenvalue weighted by molar-refractivity contribution is 0.0440. The minimum Gasteiger partial charge on any atom is -0.233 e. The molecule has 0 rings (SSSR count). The van der Waals surface area contributed by atoms with Crippen LogP contribution in [0, 0.1) is 5.92 Å². The Labute approximate surface area is 64.5 Å². The zero-order valence-corrected chi connectivity index (χ0v) is 7.39. The van der Waals surface area contributed by atoms with Gasteiger partial charge in [-0.15, -0.1) is 0 Å². The van der Waals surface area contributed by atoms with E-state index in [0.29, 0.717) is 5.92 Å². The lowest BCUT2D eigenvalue weighted by atomic mass is 9.93. The van der Waals surface area contributed by atoms with Gasteiger partial charge in [0.2, 0.25) is 0 Å². The largest absolute Gasteiger partial charge is 0.233 e. The second-order valence-corrected chi connectivity index (χ2v) is 3.04. The Morgan fingerprint density at radius 2 is 1.50 bits per heavy atom. The molecule has 0 aliphatic rings. The first-order valence-corrected chi connectivity index (χ1v) is 4.38. The Morgan fingerprint density at radius 3 is 1.70 bits per heavy atom. The van der Waals surface area contributed by atoms with Gasteiger partial charge >= 0.3 is 0 Å². The van der Waals surface area contributed by atoms with Crippen molar-refractivity contribution in [2.45, 2.75) is 52.6 Å². The van der Waals surface area contributed by atoms with Crippen molar-refractivity contribution in [2.75, 3.05) is 0 Å². The summed E-state index contributed by atoms with van der Waals surface area (Å²) in [7, 11) is 0. The normalized spacial score (nSPS) is 14.1. The number of hydrogen-bond acceptors (Lipinski definition) is 0. The first-order valence-electron chi connectivity index (χ1n) is 4.38. The van der Waals surface area contributed by atoms with E-state index in [4.69, 9.17) is 0 Å². The van der Waals surface area contributed by atoms with Gasteiger partial charge in [-0.25, -0.2) is 5.11 Å². The van der Waals surface area contributed by atoms with Crippen LogP contribution in [0.2, 0.25) is 0 Å². The number of rotatable bonds is 5. The molecule has 0 fully saturated rings. The Kier molecular flexibility index (Phi) is 5.70. The topological polar surface area (TPSA) is 19.9 Å². The average molecular weight is 143 g/mol. The molecule has 1 heteroatoms. The van der Waals surface area contributed by atoms with Gasteiger partial charge in [-0.1, -0.05) is 26.7 Å². The van der Waals surface area contributed by atoms with Gasteiger partial charge < -0.3 is 0 Å². The van der Waals surface area contributed by atoms with Crippen LogP contribution in [0.1, 0.15) is 46.5 Å². The molecule has 0 aromatic carbocycles. The van der Waals surface area contributed by atoms with Gasteiger partial charge in [-0.3, -0.25) is 0 Å². The van der Waals surface area contributed by atoms with Crippen LogP contribution >= 0.6 is 0 Å². The fourth-order valence-electron chi connectivity index (χ4n) is 1.36. The van der Waals surface area contributed by atoms with Crippen molar-refractivity contribution in [2.24, 2.45) is 5.92 Å². The van der Waals surface area contributed by atoms with E-state index in [1.165, 1.54) is 0 Å². The summed E-state index contributed by atoms with van der Waals surface area (Å²) in [4.78, 5) is 0. The van der Waals surface area contributed by atoms with Gasteiger partial charge in [0, 0.05) is 0 Å². The highest BCUT2D eigenvalue weighted by Crippen LogP contribution is 2.17. The van der Waals surface area contributed by atoms with Crippen molar-refractivity contribution in [1.29, 1.82) is 0 Å². The van der Waals surface area contributed by atoms with Crippen LogP contribution in [0.5, 0.6) is 0 Å². The zero-order valence-electron chi connectivity index (χ0n) is 7.39. The van der Waals surface area contributed by atoms with Gasteiger partial charge in [0.25, 0.3) is 0 Å². The molecule has 1 unspecified atom stereocenters. The summed E-state index contributed by atoms with van der Waals surface area (Å²) < 4.78 is 0. The van der Waals surface area contributed by atoms with E-state index in [9.17, 15) is 5.11 Å². The average Bonchev–Trinajstić information content (AvgIpc) is 1.87. The van der Waals surface area contributed by atoms with E-state index in [2.05, 4.69) is 13.8 Å². The van der Waals surface area contributed by atoms with Gasteiger partial charge in [-0.05, 0) is 25.7 Å². The van der Waals surface area contributed by atoms with Crippen molar-refractivity contribution in [3.05, 3.63) is 0 Å². The summed E-state index contributed by atoms with van der Waals surface area (Å²) in [5.74, 6) is 0.426. The van der Waals surface area contributed by atoms with Gasteiger partial charge in [0.05, 0.1) is 6.10 Å². The Hall–Kier alpha value is -0.0400. The fourth-order valence-corrected chi connectivity index (χ4v) is 1.36. The lowest BCUT2D eigenvalue weighted by Gasteiger charge is -2.15. The second kappa shape index (κ2) is 5.72. The molecular formula is C9H19O.